The van der Waals surface area contributed by atoms with Crippen molar-refractivity contribution in [1.82, 2.24) is 0 Å². The number of rotatable bonds is 14. The number of unbranched alkanes of at least 4 members (excludes halogenated alkanes) is 6. The molecule has 1 N–H and O–H groups in total. The monoisotopic (exact) mass is 306 g/mol. The summed E-state index contributed by atoms with van der Waals surface area (Å²) in [5.41, 5.74) is 0. The number of carbonyl (C=O) groups is 2. The van der Waals surface area contributed by atoms with Crippen LogP contribution in [0, 0.1) is 0 Å². The molecule has 0 unspecified atom stereocenters. The van der Waals surface area contributed by atoms with E-state index in [0.717, 1.165) is 38.5 Å². The Labute approximate surface area is 134 Å². The second-order valence-corrected chi connectivity index (χ2v) is 5.44. The van der Waals surface area contributed by atoms with E-state index < -0.39 is 5.97 Å². The van der Waals surface area contributed by atoms with E-state index in [1.807, 2.05) is 18.2 Å². The van der Waals surface area contributed by atoms with Gasteiger partial charge in [0.25, 0.3) is 0 Å². The summed E-state index contributed by atoms with van der Waals surface area (Å²) in [6.45, 7) is 2.16. The number of carboxylic acids is 1. The maximum atomic E-state index is 11.5. The second kappa shape index (κ2) is 15.7. The van der Waals surface area contributed by atoms with Crippen LogP contribution in [0.2, 0.25) is 0 Å². The third-order valence-electron chi connectivity index (χ3n) is 3.29. The summed E-state index contributed by atoms with van der Waals surface area (Å²) in [6.07, 6.45) is 20.4. The maximum absolute atomic E-state index is 11.5. The molecular formula is C19H30O3. The van der Waals surface area contributed by atoms with Crippen LogP contribution in [0.4, 0.5) is 0 Å². The lowest BCUT2D eigenvalue weighted by molar-refractivity contribution is -0.137. The fraction of sp³-hybridized carbons (Fsp3) is 0.579. The zero-order valence-corrected chi connectivity index (χ0v) is 13.8. The largest absolute Gasteiger partial charge is 0.481 e. The zero-order valence-electron chi connectivity index (χ0n) is 13.8. The van der Waals surface area contributed by atoms with Gasteiger partial charge in [0, 0.05) is 12.8 Å². The molecule has 0 bridgehead atoms. The van der Waals surface area contributed by atoms with Crippen LogP contribution in [0.25, 0.3) is 0 Å². The van der Waals surface area contributed by atoms with E-state index in [2.05, 4.69) is 13.0 Å². The summed E-state index contributed by atoms with van der Waals surface area (Å²) >= 11 is 0. The van der Waals surface area contributed by atoms with Crippen molar-refractivity contribution in [2.75, 3.05) is 0 Å². The normalized spacial score (nSPS) is 11.9. The van der Waals surface area contributed by atoms with Crippen LogP contribution >= 0.6 is 0 Å². The van der Waals surface area contributed by atoms with Gasteiger partial charge in [-0.15, -0.1) is 0 Å². The van der Waals surface area contributed by atoms with Crippen LogP contribution in [0.1, 0.15) is 71.1 Å². The van der Waals surface area contributed by atoms with E-state index in [1.165, 1.54) is 12.8 Å². The van der Waals surface area contributed by atoms with Crippen LogP contribution in [0.15, 0.2) is 36.5 Å². The molecule has 0 heterocycles. The lowest BCUT2D eigenvalue weighted by Crippen LogP contribution is -1.93. The quantitative estimate of drug-likeness (QED) is 0.271. The Bertz CT molecular complexity index is 378. The molecule has 0 atom stereocenters. The first kappa shape index (κ1) is 20.4. The number of allylic oxidation sites excluding steroid dienone is 6. The Kier molecular flexibility index (Phi) is 14.6. The molecule has 0 aliphatic rings. The first-order valence-corrected chi connectivity index (χ1v) is 8.41. The Morgan fingerprint density at radius 3 is 2.23 bits per heavy atom. The molecule has 0 aliphatic heterocycles. The van der Waals surface area contributed by atoms with Gasteiger partial charge < -0.3 is 5.11 Å². The smallest absolute Gasteiger partial charge is 0.303 e. The van der Waals surface area contributed by atoms with Crippen LogP contribution in [-0.2, 0) is 9.59 Å². The standard InChI is InChI=1S/C19H30O3/c1-2-3-4-12-15-18(20)16-13-10-8-6-5-7-9-11-14-17-19(21)22/h5-6,8,10,13,16H,2-4,7,9,11-12,14-15,17H2,1H3,(H,21,22). The van der Waals surface area contributed by atoms with Crippen molar-refractivity contribution in [3.8, 4) is 0 Å². The third-order valence-corrected chi connectivity index (χ3v) is 3.29. The summed E-state index contributed by atoms with van der Waals surface area (Å²) in [4.78, 5) is 21.8. The van der Waals surface area contributed by atoms with Crippen molar-refractivity contribution in [3.63, 3.8) is 0 Å². The Morgan fingerprint density at radius 2 is 1.50 bits per heavy atom. The molecule has 3 nitrogen and oxygen atoms in total. The summed E-state index contributed by atoms with van der Waals surface area (Å²) < 4.78 is 0. The SMILES string of the molecule is CCCCCCC(=O)C=CC=CC=CCCCCCC(=O)O. The molecule has 0 spiro atoms. The highest BCUT2D eigenvalue weighted by Crippen LogP contribution is 2.04. The van der Waals surface area contributed by atoms with Crippen molar-refractivity contribution >= 4 is 11.8 Å². The minimum atomic E-state index is -0.717. The van der Waals surface area contributed by atoms with Gasteiger partial charge in [-0.2, -0.15) is 0 Å². The van der Waals surface area contributed by atoms with Crippen LogP contribution < -0.4 is 0 Å². The average molecular weight is 306 g/mol. The minimum Gasteiger partial charge on any atom is -0.481 e. The fourth-order valence-corrected chi connectivity index (χ4v) is 1.99. The van der Waals surface area contributed by atoms with Crippen LogP contribution in [-0.4, -0.2) is 16.9 Å². The van der Waals surface area contributed by atoms with Gasteiger partial charge in [-0.25, -0.2) is 0 Å². The van der Waals surface area contributed by atoms with Gasteiger partial charge in [0.15, 0.2) is 5.78 Å². The molecule has 3 heteroatoms. The van der Waals surface area contributed by atoms with Gasteiger partial charge in [-0.1, -0.05) is 63.0 Å². The first-order valence-electron chi connectivity index (χ1n) is 8.41. The molecule has 0 fully saturated rings. The molecule has 0 aromatic rings. The minimum absolute atomic E-state index is 0.197. The van der Waals surface area contributed by atoms with E-state index in [4.69, 9.17) is 5.11 Å². The molecule has 124 valence electrons. The average Bonchev–Trinajstić information content (AvgIpc) is 2.49. The van der Waals surface area contributed by atoms with Crippen molar-refractivity contribution in [2.45, 2.75) is 71.1 Å². The summed E-state index contributed by atoms with van der Waals surface area (Å²) in [6, 6.07) is 0. The Hall–Kier alpha value is -1.64. The first-order chi connectivity index (χ1) is 10.7. The van der Waals surface area contributed by atoms with E-state index in [1.54, 1.807) is 12.2 Å². The van der Waals surface area contributed by atoms with E-state index in [-0.39, 0.29) is 12.2 Å². The maximum Gasteiger partial charge on any atom is 0.303 e. The van der Waals surface area contributed by atoms with Gasteiger partial charge in [-0.3, -0.25) is 9.59 Å². The number of carbonyl (C=O) groups excluding carboxylic acids is 1. The molecular weight excluding hydrogens is 276 g/mol. The fourth-order valence-electron chi connectivity index (χ4n) is 1.99. The number of aliphatic carboxylic acids is 1. The van der Waals surface area contributed by atoms with Gasteiger partial charge >= 0.3 is 5.97 Å². The van der Waals surface area contributed by atoms with E-state index in [9.17, 15) is 9.59 Å². The number of carboxylic acid groups (broad SMARTS) is 1. The summed E-state index contributed by atoms with van der Waals surface area (Å²) in [5, 5.41) is 8.49. The molecule has 0 rings (SSSR count). The molecule has 22 heavy (non-hydrogen) atoms. The highest BCUT2D eigenvalue weighted by Gasteiger charge is 1.95. The van der Waals surface area contributed by atoms with Crippen LogP contribution in [0.3, 0.4) is 0 Å². The molecule has 0 aromatic heterocycles. The Morgan fingerprint density at radius 1 is 0.818 bits per heavy atom. The van der Waals surface area contributed by atoms with Gasteiger partial charge in [-0.05, 0) is 31.8 Å². The predicted molar refractivity (Wildman–Crippen MR) is 91.9 cm³/mol. The molecule has 0 radical (unpaired) electrons. The molecule has 0 aliphatic carbocycles. The highest BCUT2D eigenvalue weighted by atomic mass is 16.4. The Balaban J connectivity index is 3.55. The highest BCUT2D eigenvalue weighted by molar-refractivity contribution is 5.89. The molecule has 0 saturated heterocycles. The van der Waals surface area contributed by atoms with Crippen molar-refractivity contribution in [3.05, 3.63) is 36.5 Å². The van der Waals surface area contributed by atoms with E-state index >= 15 is 0 Å². The zero-order chi connectivity index (χ0) is 16.5. The van der Waals surface area contributed by atoms with Crippen LogP contribution in [0.5, 0.6) is 0 Å². The van der Waals surface area contributed by atoms with Gasteiger partial charge in [0.05, 0.1) is 0 Å². The topological polar surface area (TPSA) is 54.4 Å². The number of ketones is 1. The lowest BCUT2D eigenvalue weighted by Gasteiger charge is -1.95. The van der Waals surface area contributed by atoms with Crippen molar-refractivity contribution in [2.24, 2.45) is 0 Å². The molecule has 0 amide bonds. The number of hydrogen-bond acceptors (Lipinski definition) is 2. The van der Waals surface area contributed by atoms with Gasteiger partial charge in [0.2, 0.25) is 0 Å². The predicted octanol–water partition coefficient (Wildman–Crippen LogP) is 5.23. The van der Waals surface area contributed by atoms with Crippen molar-refractivity contribution < 1.29 is 14.7 Å². The van der Waals surface area contributed by atoms with Gasteiger partial charge in [0.1, 0.15) is 0 Å². The van der Waals surface area contributed by atoms with Crippen molar-refractivity contribution in [1.29, 1.82) is 0 Å². The second-order valence-electron chi connectivity index (χ2n) is 5.44. The number of hydrogen-bond donors (Lipinski definition) is 1. The third kappa shape index (κ3) is 16.4. The van der Waals surface area contributed by atoms with E-state index in [0.29, 0.717) is 6.42 Å². The lowest BCUT2D eigenvalue weighted by atomic mass is 10.1. The summed E-state index contributed by atoms with van der Waals surface area (Å²) in [5.74, 6) is -0.520. The molecule has 0 saturated carbocycles. The summed E-state index contributed by atoms with van der Waals surface area (Å²) in [7, 11) is 0. The molecule has 0 aromatic carbocycles.